The fourth-order valence-corrected chi connectivity index (χ4v) is 3.54. The van der Waals surface area contributed by atoms with Crippen molar-refractivity contribution >= 4 is 47.8 Å². The second-order valence-corrected chi connectivity index (χ2v) is 9.04. The van der Waals surface area contributed by atoms with E-state index in [0.29, 0.717) is 16.8 Å². The molecule has 2 aromatic rings. The number of hydrogen-bond donors (Lipinski definition) is 5. The van der Waals surface area contributed by atoms with Gasteiger partial charge in [0, 0.05) is 4.43 Å². The number of rotatable bonds is 6. The highest BCUT2D eigenvalue weighted by Crippen LogP contribution is 2.30. The molecule has 4 rings (SSSR count). The number of phenols is 1. The molecule has 0 aliphatic heterocycles. The Balaban J connectivity index is 0.000000186. The van der Waals surface area contributed by atoms with E-state index < -0.39 is 14.2 Å². The summed E-state index contributed by atoms with van der Waals surface area (Å²) in [4.78, 5) is 0. The predicted octanol–water partition coefficient (Wildman–Crippen LogP) is 1.68. The molecule has 0 atom stereocenters. The highest BCUT2D eigenvalue weighted by Gasteiger charge is 2.22. The molecule has 0 saturated heterocycles. The van der Waals surface area contributed by atoms with Gasteiger partial charge in [-0.25, -0.2) is 0 Å². The van der Waals surface area contributed by atoms with E-state index in [4.69, 9.17) is 29.9 Å². The number of aryl methyl sites for hydroxylation is 2. The summed E-state index contributed by atoms with van der Waals surface area (Å²) in [5.74, 6) is 2.58. The summed E-state index contributed by atoms with van der Waals surface area (Å²) in [6, 6.07) is 9.87. The standard InChI is InChI=1S/C11H15BO3.C7H9BO3.C4H7I/c1-8-2-5-10(6-11(8)12(13)14)15-7-9-3-4-9;1-5-2-3-6(9)4-7(5)8(10)11;5-3-4-1-2-4/h2,5-6,9,13-14H,3-4,7H2,1H3;2-4,9-11H,1H3;4H,1-3H2. The number of hydrogen-bond acceptors (Lipinski definition) is 6. The van der Waals surface area contributed by atoms with Crippen LogP contribution in [-0.4, -0.2) is 50.5 Å². The number of alkyl halides is 1. The van der Waals surface area contributed by atoms with Gasteiger partial charge in [-0.1, -0.05) is 45.9 Å². The van der Waals surface area contributed by atoms with Gasteiger partial charge in [0.1, 0.15) is 11.5 Å². The van der Waals surface area contributed by atoms with Crippen LogP contribution in [0.15, 0.2) is 36.4 Å². The van der Waals surface area contributed by atoms with Gasteiger partial charge < -0.3 is 29.9 Å². The third-order valence-electron chi connectivity index (χ3n) is 5.17. The number of phenolic OH excluding ortho intramolecular Hbond substituents is 1. The Kier molecular flexibility index (Phi) is 10.6. The molecule has 2 saturated carbocycles. The van der Waals surface area contributed by atoms with Crippen LogP contribution in [0, 0.1) is 25.7 Å². The van der Waals surface area contributed by atoms with Gasteiger partial charge in [-0.3, -0.25) is 0 Å². The summed E-state index contributed by atoms with van der Waals surface area (Å²) in [5.41, 5.74) is 2.47. The van der Waals surface area contributed by atoms with Crippen molar-refractivity contribution in [3.8, 4) is 11.5 Å². The molecule has 31 heavy (non-hydrogen) atoms. The number of aromatic hydroxyl groups is 1. The molecule has 0 unspecified atom stereocenters. The van der Waals surface area contributed by atoms with Crippen molar-refractivity contribution < 1.29 is 29.9 Å². The normalized spacial score (nSPS) is 14.5. The van der Waals surface area contributed by atoms with Gasteiger partial charge in [0.05, 0.1) is 6.61 Å². The molecule has 0 spiro atoms. The zero-order chi connectivity index (χ0) is 23.0. The van der Waals surface area contributed by atoms with Crippen LogP contribution in [0.3, 0.4) is 0 Å². The molecule has 168 valence electrons. The molecule has 6 nitrogen and oxygen atoms in total. The van der Waals surface area contributed by atoms with Crippen LogP contribution in [0.1, 0.15) is 36.8 Å². The summed E-state index contributed by atoms with van der Waals surface area (Å²) >= 11 is 2.44. The van der Waals surface area contributed by atoms with Crippen LogP contribution in [0.4, 0.5) is 0 Å². The minimum absolute atomic E-state index is 0.0405. The molecule has 0 radical (unpaired) electrons. The quantitative estimate of drug-likeness (QED) is 0.217. The SMILES string of the molecule is Cc1ccc(O)cc1B(O)O.Cc1ccc(OCC2CC2)cc1B(O)O.ICC1CC1. The first kappa shape index (κ1) is 26.0. The lowest BCUT2D eigenvalue weighted by Crippen LogP contribution is -2.32. The van der Waals surface area contributed by atoms with Crippen LogP contribution in [0.2, 0.25) is 0 Å². The molecule has 2 fully saturated rings. The zero-order valence-corrected chi connectivity index (χ0v) is 20.2. The van der Waals surface area contributed by atoms with Gasteiger partial charge in [-0.05, 0) is 86.6 Å². The Hall–Kier alpha value is -1.26. The monoisotopic (exact) mass is 540 g/mol. The van der Waals surface area contributed by atoms with Crippen molar-refractivity contribution in [1.29, 1.82) is 0 Å². The molecule has 2 aromatic carbocycles. The number of ether oxygens (including phenoxy) is 1. The van der Waals surface area contributed by atoms with E-state index in [2.05, 4.69) is 22.6 Å². The molecule has 2 aliphatic carbocycles. The van der Waals surface area contributed by atoms with E-state index in [1.165, 1.54) is 42.2 Å². The van der Waals surface area contributed by atoms with Crippen LogP contribution < -0.4 is 15.7 Å². The predicted molar refractivity (Wildman–Crippen MR) is 134 cm³/mol. The van der Waals surface area contributed by atoms with Crippen LogP contribution in [-0.2, 0) is 0 Å². The minimum atomic E-state index is -1.51. The fraction of sp³-hybridized carbons (Fsp3) is 0.455. The first-order chi connectivity index (χ1) is 14.7. The largest absolute Gasteiger partial charge is 0.508 e. The van der Waals surface area contributed by atoms with Crippen molar-refractivity contribution in [2.75, 3.05) is 11.0 Å². The van der Waals surface area contributed by atoms with Gasteiger partial charge in [0.15, 0.2) is 0 Å². The third-order valence-corrected chi connectivity index (χ3v) is 6.41. The minimum Gasteiger partial charge on any atom is -0.508 e. The van der Waals surface area contributed by atoms with Crippen molar-refractivity contribution in [1.82, 2.24) is 0 Å². The zero-order valence-electron chi connectivity index (χ0n) is 18.0. The molecule has 2 aliphatic rings. The van der Waals surface area contributed by atoms with Gasteiger partial charge in [0.2, 0.25) is 0 Å². The van der Waals surface area contributed by atoms with E-state index in [-0.39, 0.29) is 5.75 Å². The summed E-state index contributed by atoms with van der Waals surface area (Å²) in [6.07, 6.45) is 5.51. The summed E-state index contributed by atoms with van der Waals surface area (Å²) in [7, 11) is -2.93. The second-order valence-electron chi connectivity index (χ2n) is 8.16. The molecule has 0 bridgehead atoms. The summed E-state index contributed by atoms with van der Waals surface area (Å²) < 4.78 is 6.94. The lowest BCUT2D eigenvalue weighted by molar-refractivity contribution is 0.300. The van der Waals surface area contributed by atoms with Gasteiger partial charge >= 0.3 is 14.2 Å². The third kappa shape index (κ3) is 9.82. The Morgan fingerprint density at radius 2 is 1.35 bits per heavy atom. The number of benzene rings is 2. The van der Waals surface area contributed by atoms with E-state index in [9.17, 15) is 0 Å². The molecule has 0 amide bonds. The van der Waals surface area contributed by atoms with Crippen LogP contribution in [0.5, 0.6) is 11.5 Å². The highest BCUT2D eigenvalue weighted by atomic mass is 127. The molecule has 0 heterocycles. The average Bonchev–Trinajstić information content (AvgIpc) is 3.64. The highest BCUT2D eigenvalue weighted by molar-refractivity contribution is 14.1. The van der Waals surface area contributed by atoms with Gasteiger partial charge in [-0.2, -0.15) is 0 Å². The van der Waals surface area contributed by atoms with E-state index in [1.807, 2.05) is 19.1 Å². The Morgan fingerprint density at radius 3 is 1.77 bits per heavy atom. The molecular weight excluding hydrogens is 509 g/mol. The van der Waals surface area contributed by atoms with Crippen molar-refractivity contribution in [3.05, 3.63) is 47.5 Å². The fourth-order valence-electron chi connectivity index (χ4n) is 2.66. The maximum Gasteiger partial charge on any atom is 0.488 e. The second kappa shape index (κ2) is 12.7. The smallest absolute Gasteiger partial charge is 0.488 e. The van der Waals surface area contributed by atoms with Crippen LogP contribution in [0.25, 0.3) is 0 Å². The maximum absolute atomic E-state index is 9.12. The molecule has 0 aromatic heterocycles. The van der Waals surface area contributed by atoms with Crippen molar-refractivity contribution in [2.45, 2.75) is 39.5 Å². The first-order valence-corrected chi connectivity index (χ1v) is 12.0. The van der Waals surface area contributed by atoms with Gasteiger partial charge in [-0.15, -0.1) is 0 Å². The molecular formula is C22H31B2IO6. The first-order valence-electron chi connectivity index (χ1n) is 10.5. The summed E-state index contributed by atoms with van der Waals surface area (Å²) in [6.45, 7) is 4.33. The molecule has 5 N–H and O–H groups in total. The van der Waals surface area contributed by atoms with E-state index in [1.54, 1.807) is 19.1 Å². The summed E-state index contributed by atoms with van der Waals surface area (Å²) in [5, 5.41) is 44.7. The lowest BCUT2D eigenvalue weighted by Gasteiger charge is -2.09. The Morgan fingerprint density at radius 1 is 0.839 bits per heavy atom. The van der Waals surface area contributed by atoms with Crippen molar-refractivity contribution in [3.63, 3.8) is 0 Å². The van der Waals surface area contributed by atoms with Gasteiger partial charge in [0.25, 0.3) is 0 Å². The lowest BCUT2D eigenvalue weighted by atomic mass is 9.77. The number of halogens is 1. The maximum atomic E-state index is 9.12. The van der Waals surface area contributed by atoms with Crippen LogP contribution >= 0.6 is 22.6 Å². The van der Waals surface area contributed by atoms with E-state index in [0.717, 1.165) is 29.4 Å². The van der Waals surface area contributed by atoms with E-state index >= 15 is 0 Å². The Labute approximate surface area is 198 Å². The average molecular weight is 540 g/mol. The Bertz CT molecular complexity index is 826. The molecule has 9 heteroatoms. The van der Waals surface area contributed by atoms with Crippen molar-refractivity contribution in [2.24, 2.45) is 11.8 Å². The topological polar surface area (TPSA) is 110 Å².